The van der Waals surface area contributed by atoms with Gasteiger partial charge in [0.25, 0.3) is 5.69 Å². The highest BCUT2D eigenvalue weighted by molar-refractivity contribution is 6.09. The molecule has 4 aromatic rings. The number of nitrogens with zero attached hydrogens (tertiary/aromatic N) is 5. The molecule has 2 heterocycles. The predicted molar refractivity (Wildman–Crippen MR) is 128 cm³/mol. The number of benzene rings is 2. The van der Waals surface area contributed by atoms with Crippen LogP contribution in [0, 0.1) is 17.0 Å². The number of carbonyl (C=O) groups is 3. The van der Waals surface area contributed by atoms with Crippen molar-refractivity contribution in [1.29, 1.82) is 0 Å². The number of esters is 1. The van der Waals surface area contributed by atoms with Gasteiger partial charge in [-0.25, -0.2) is 24.4 Å². The largest absolute Gasteiger partial charge is 0.478 e. The third-order valence-corrected chi connectivity index (χ3v) is 4.96. The number of imidazole rings is 2. The Morgan fingerprint density at radius 1 is 0.973 bits per heavy atom. The number of rotatable bonds is 7. The second-order valence-corrected chi connectivity index (χ2v) is 7.44. The van der Waals surface area contributed by atoms with E-state index >= 15 is 0 Å². The molecule has 37 heavy (non-hydrogen) atoms. The molecule has 2 N–H and O–H groups in total. The first-order valence-electron chi connectivity index (χ1n) is 10.7. The minimum Gasteiger partial charge on any atom is -0.478 e. The minimum absolute atomic E-state index is 0.0295. The van der Waals surface area contributed by atoms with Crippen LogP contribution in [0.2, 0.25) is 0 Å². The Balaban J connectivity index is 0.000000206. The van der Waals surface area contributed by atoms with Gasteiger partial charge in [-0.05, 0) is 43.7 Å². The lowest BCUT2D eigenvalue weighted by Gasteiger charge is -2.10. The van der Waals surface area contributed by atoms with Gasteiger partial charge in [-0.15, -0.1) is 0 Å². The molecule has 0 spiro atoms. The number of ether oxygens (including phenoxy) is 1. The Hall–Kier alpha value is -5.33. The fourth-order valence-electron chi connectivity index (χ4n) is 3.39. The zero-order valence-corrected chi connectivity index (χ0v) is 19.6. The van der Waals surface area contributed by atoms with Gasteiger partial charge < -0.3 is 24.1 Å². The fourth-order valence-corrected chi connectivity index (χ4v) is 3.39. The fraction of sp³-hybridized carbons (Fsp3) is 0.125. The number of carbonyl (C=O) groups excluding carboxylic acids is 1. The summed E-state index contributed by atoms with van der Waals surface area (Å²) in [4.78, 5) is 52.3. The Morgan fingerprint density at radius 2 is 1.54 bits per heavy atom. The standard InChI is InChI=1S/C12H9N5O2.C12H12O6/c18-17(19)11-2-1-10(15-5-3-13-8-15)7-12(11)16-6-4-14-9-16;1-3-18-12(17)9-7(10(13)14)4-6(2)5-8(9)11(15)16/h1-9H;4-5H,3H2,1-2H3,(H,13,14)(H,15,16). The number of nitro groups is 1. The first-order valence-corrected chi connectivity index (χ1v) is 10.7. The van der Waals surface area contributed by atoms with Crippen molar-refractivity contribution in [2.75, 3.05) is 6.61 Å². The minimum atomic E-state index is -1.37. The van der Waals surface area contributed by atoms with E-state index in [9.17, 15) is 24.5 Å². The van der Waals surface area contributed by atoms with Crippen molar-refractivity contribution in [2.24, 2.45) is 0 Å². The van der Waals surface area contributed by atoms with Crippen molar-refractivity contribution in [1.82, 2.24) is 19.1 Å². The van der Waals surface area contributed by atoms with E-state index in [0.717, 1.165) is 5.69 Å². The highest BCUT2D eigenvalue weighted by atomic mass is 16.6. The van der Waals surface area contributed by atoms with Crippen LogP contribution in [0.3, 0.4) is 0 Å². The molecular formula is C24H21N5O8. The average molecular weight is 507 g/mol. The van der Waals surface area contributed by atoms with Gasteiger partial charge in [0.2, 0.25) is 0 Å². The monoisotopic (exact) mass is 507 g/mol. The average Bonchev–Trinajstić information content (AvgIpc) is 3.58. The molecule has 0 unspecified atom stereocenters. The van der Waals surface area contributed by atoms with E-state index in [2.05, 4.69) is 14.7 Å². The number of aromatic carboxylic acids is 2. The summed E-state index contributed by atoms with van der Waals surface area (Å²) >= 11 is 0. The van der Waals surface area contributed by atoms with Crippen LogP contribution in [0.5, 0.6) is 0 Å². The van der Waals surface area contributed by atoms with Crippen molar-refractivity contribution < 1.29 is 34.3 Å². The number of hydrogen-bond donors (Lipinski definition) is 2. The van der Waals surface area contributed by atoms with E-state index in [1.807, 2.05) is 0 Å². The van der Waals surface area contributed by atoms with Gasteiger partial charge in [-0.2, -0.15) is 0 Å². The Kier molecular flexibility index (Phi) is 8.09. The highest BCUT2D eigenvalue weighted by Gasteiger charge is 2.25. The Morgan fingerprint density at radius 3 is 2.00 bits per heavy atom. The molecule has 4 rings (SSSR count). The van der Waals surface area contributed by atoms with E-state index in [1.54, 1.807) is 66.2 Å². The summed E-state index contributed by atoms with van der Waals surface area (Å²) in [6.07, 6.45) is 9.84. The molecule has 0 saturated carbocycles. The van der Waals surface area contributed by atoms with Crippen LogP contribution in [0.4, 0.5) is 5.69 Å². The van der Waals surface area contributed by atoms with Crippen LogP contribution in [-0.4, -0.2) is 58.8 Å². The molecule has 0 aliphatic heterocycles. The third-order valence-electron chi connectivity index (χ3n) is 4.96. The number of aryl methyl sites for hydroxylation is 1. The van der Waals surface area contributed by atoms with E-state index in [0.29, 0.717) is 11.3 Å². The molecule has 0 aliphatic carbocycles. The molecule has 13 nitrogen and oxygen atoms in total. The first-order chi connectivity index (χ1) is 17.6. The molecule has 0 atom stereocenters. The first kappa shape index (κ1) is 26.3. The van der Waals surface area contributed by atoms with Gasteiger partial charge in [0, 0.05) is 36.5 Å². The number of aromatic nitrogens is 4. The van der Waals surface area contributed by atoms with Gasteiger partial charge in [-0.3, -0.25) is 10.1 Å². The maximum atomic E-state index is 11.7. The van der Waals surface area contributed by atoms with Crippen LogP contribution in [0.15, 0.2) is 67.8 Å². The molecule has 0 bridgehead atoms. The molecule has 0 amide bonds. The van der Waals surface area contributed by atoms with E-state index in [4.69, 9.17) is 10.2 Å². The number of hydrogen-bond acceptors (Lipinski definition) is 8. The van der Waals surface area contributed by atoms with Crippen LogP contribution >= 0.6 is 0 Å². The maximum absolute atomic E-state index is 11.7. The van der Waals surface area contributed by atoms with E-state index in [1.165, 1.54) is 24.5 Å². The van der Waals surface area contributed by atoms with Gasteiger partial charge in [0.15, 0.2) is 0 Å². The second kappa shape index (κ2) is 11.4. The predicted octanol–water partition coefficient (Wildman–Crippen LogP) is 3.53. The van der Waals surface area contributed by atoms with Gasteiger partial charge in [-0.1, -0.05) is 0 Å². The van der Waals surface area contributed by atoms with E-state index in [-0.39, 0.29) is 23.4 Å². The van der Waals surface area contributed by atoms with Crippen molar-refractivity contribution in [3.8, 4) is 11.4 Å². The SMILES string of the molecule is CCOC(=O)c1c(C(=O)O)cc(C)cc1C(=O)O.O=[N+]([O-])c1ccc(-n2ccnc2)cc1-n1ccnc1. The second-order valence-electron chi connectivity index (χ2n) is 7.44. The number of carboxylic acids is 2. The molecule has 190 valence electrons. The summed E-state index contributed by atoms with van der Waals surface area (Å²) in [5.74, 6) is -3.69. The molecular weight excluding hydrogens is 486 g/mol. The molecule has 0 radical (unpaired) electrons. The van der Waals surface area contributed by atoms with Crippen molar-refractivity contribution in [3.63, 3.8) is 0 Å². The third kappa shape index (κ3) is 6.03. The van der Waals surface area contributed by atoms with Crippen molar-refractivity contribution in [3.05, 3.63) is 100 Å². The Labute approximate surface area is 209 Å². The zero-order chi connectivity index (χ0) is 27.1. The lowest BCUT2D eigenvalue weighted by atomic mass is 9.98. The van der Waals surface area contributed by atoms with Crippen LogP contribution in [-0.2, 0) is 4.74 Å². The van der Waals surface area contributed by atoms with Gasteiger partial charge >= 0.3 is 17.9 Å². The molecule has 13 heteroatoms. The summed E-state index contributed by atoms with van der Waals surface area (Å²) in [5, 5.41) is 29.1. The summed E-state index contributed by atoms with van der Waals surface area (Å²) < 4.78 is 8.08. The Bertz CT molecular complexity index is 1410. The summed E-state index contributed by atoms with van der Waals surface area (Å²) in [6.45, 7) is 3.13. The number of carboxylic acid groups (broad SMARTS) is 2. The lowest BCUT2D eigenvalue weighted by Crippen LogP contribution is -2.17. The quantitative estimate of drug-likeness (QED) is 0.213. The lowest BCUT2D eigenvalue weighted by molar-refractivity contribution is -0.384. The maximum Gasteiger partial charge on any atom is 0.339 e. The normalized spacial score (nSPS) is 10.2. The summed E-state index contributed by atoms with van der Waals surface area (Å²) in [7, 11) is 0. The zero-order valence-electron chi connectivity index (χ0n) is 19.6. The van der Waals surface area contributed by atoms with Crippen molar-refractivity contribution in [2.45, 2.75) is 13.8 Å². The summed E-state index contributed by atoms with van der Waals surface area (Å²) in [6, 6.07) is 7.36. The van der Waals surface area contributed by atoms with Gasteiger partial charge in [0.1, 0.15) is 5.69 Å². The molecule has 0 aliphatic rings. The van der Waals surface area contributed by atoms with Crippen molar-refractivity contribution >= 4 is 23.6 Å². The molecule has 0 saturated heterocycles. The van der Waals surface area contributed by atoms with Crippen LogP contribution in [0.25, 0.3) is 11.4 Å². The summed E-state index contributed by atoms with van der Waals surface area (Å²) in [5.41, 5.74) is 0.569. The van der Waals surface area contributed by atoms with Crippen LogP contribution in [0.1, 0.15) is 43.6 Å². The number of nitro benzene ring substituents is 1. The van der Waals surface area contributed by atoms with E-state index < -0.39 is 28.4 Å². The van der Waals surface area contributed by atoms with Crippen LogP contribution < -0.4 is 0 Å². The molecule has 0 fully saturated rings. The topological polar surface area (TPSA) is 180 Å². The molecule has 2 aromatic heterocycles. The van der Waals surface area contributed by atoms with Gasteiger partial charge in [0.05, 0.1) is 40.9 Å². The molecule has 2 aromatic carbocycles. The highest BCUT2D eigenvalue weighted by Crippen LogP contribution is 2.25. The smallest absolute Gasteiger partial charge is 0.339 e.